The van der Waals surface area contributed by atoms with Gasteiger partial charge < -0.3 is 4.90 Å². The lowest BCUT2D eigenvalue weighted by Crippen LogP contribution is -2.42. The van der Waals surface area contributed by atoms with Gasteiger partial charge in [0.05, 0.1) is 17.4 Å². The van der Waals surface area contributed by atoms with Gasteiger partial charge in [0.25, 0.3) is 5.56 Å². The van der Waals surface area contributed by atoms with Crippen molar-refractivity contribution in [2.24, 2.45) is 0 Å². The lowest BCUT2D eigenvalue weighted by atomic mass is 9.99. The van der Waals surface area contributed by atoms with Crippen LogP contribution in [0, 0.1) is 5.82 Å². The quantitative estimate of drug-likeness (QED) is 0.416. The summed E-state index contributed by atoms with van der Waals surface area (Å²) < 4.78 is 16.8. The Balaban J connectivity index is 1.38. The van der Waals surface area contributed by atoms with Gasteiger partial charge in [-0.05, 0) is 35.8 Å². The molecule has 0 atom stereocenters. The number of fused-ring (bicyclic) bond motifs is 1. The molecule has 36 heavy (non-hydrogen) atoms. The number of para-hydroxylation sites is 1. The van der Waals surface area contributed by atoms with E-state index < -0.39 is 17.1 Å². The summed E-state index contributed by atoms with van der Waals surface area (Å²) >= 11 is 0. The second kappa shape index (κ2) is 10.2. The first kappa shape index (κ1) is 23.5. The smallest absolute Gasteiger partial charge is 0.331 e. The van der Waals surface area contributed by atoms with E-state index in [0.717, 1.165) is 16.6 Å². The summed E-state index contributed by atoms with van der Waals surface area (Å²) in [6.07, 6.45) is 2.84. The second-order valence-electron chi connectivity index (χ2n) is 8.87. The second-order valence-corrected chi connectivity index (χ2v) is 8.87. The number of hydrogen-bond acceptors (Lipinski definition) is 3. The molecule has 0 saturated carbocycles. The molecule has 1 aliphatic rings. The highest BCUT2D eigenvalue weighted by Crippen LogP contribution is 2.22. The summed E-state index contributed by atoms with van der Waals surface area (Å²) in [6, 6.07) is 23.1. The number of halogens is 1. The average molecular weight is 484 g/mol. The largest absolute Gasteiger partial charge is 0.339 e. The number of rotatable bonds is 6. The molecule has 0 radical (unpaired) electrons. The molecule has 0 bridgehead atoms. The van der Waals surface area contributed by atoms with Gasteiger partial charge in [-0.15, -0.1) is 0 Å². The maximum atomic E-state index is 14.3. The molecule has 0 aliphatic carbocycles. The maximum absolute atomic E-state index is 14.3. The molecule has 7 heteroatoms. The first-order valence-electron chi connectivity index (χ1n) is 12.0. The molecule has 6 nitrogen and oxygen atoms in total. The van der Waals surface area contributed by atoms with Gasteiger partial charge in [0.1, 0.15) is 5.82 Å². The topological polar surface area (TPSA) is 64.3 Å². The van der Waals surface area contributed by atoms with Crippen molar-refractivity contribution in [3.63, 3.8) is 0 Å². The van der Waals surface area contributed by atoms with Crippen molar-refractivity contribution in [2.45, 2.75) is 25.9 Å². The normalized spacial score (nSPS) is 13.6. The fraction of sp³-hybridized carbons (Fsp3) is 0.207. The van der Waals surface area contributed by atoms with E-state index in [1.807, 2.05) is 18.2 Å². The Morgan fingerprint density at radius 3 is 2.33 bits per heavy atom. The van der Waals surface area contributed by atoms with Crippen molar-refractivity contribution in [1.82, 2.24) is 14.0 Å². The van der Waals surface area contributed by atoms with Gasteiger partial charge in [-0.3, -0.25) is 18.7 Å². The molecular formula is C29H26FN3O3. The summed E-state index contributed by atoms with van der Waals surface area (Å²) in [4.78, 5) is 41.2. The van der Waals surface area contributed by atoms with Gasteiger partial charge in [-0.25, -0.2) is 9.18 Å². The number of benzene rings is 3. The molecule has 1 amide bonds. The van der Waals surface area contributed by atoms with E-state index in [0.29, 0.717) is 29.6 Å². The van der Waals surface area contributed by atoms with Gasteiger partial charge in [-0.1, -0.05) is 66.7 Å². The number of carbonyl (C=O) groups excluding carboxylic acids is 1. The molecule has 0 fully saturated rings. The zero-order chi connectivity index (χ0) is 25.1. The monoisotopic (exact) mass is 483 g/mol. The van der Waals surface area contributed by atoms with Gasteiger partial charge in [-0.2, -0.15) is 0 Å². The molecule has 1 aromatic heterocycles. The number of nitrogens with zero attached hydrogens (tertiary/aromatic N) is 3. The van der Waals surface area contributed by atoms with E-state index in [4.69, 9.17) is 0 Å². The van der Waals surface area contributed by atoms with E-state index in [1.165, 1.54) is 16.2 Å². The van der Waals surface area contributed by atoms with Crippen LogP contribution in [0.1, 0.15) is 24.0 Å². The molecule has 3 aromatic carbocycles. The summed E-state index contributed by atoms with van der Waals surface area (Å²) in [7, 11) is 0. The van der Waals surface area contributed by atoms with Crippen molar-refractivity contribution in [1.29, 1.82) is 0 Å². The van der Waals surface area contributed by atoms with Crippen LogP contribution in [-0.4, -0.2) is 33.0 Å². The van der Waals surface area contributed by atoms with Crippen molar-refractivity contribution in [2.75, 3.05) is 13.1 Å². The lowest BCUT2D eigenvalue weighted by Gasteiger charge is -2.27. The van der Waals surface area contributed by atoms with Crippen molar-refractivity contribution in [3.8, 4) is 0 Å². The van der Waals surface area contributed by atoms with Gasteiger partial charge in [0.15, 0.2) is 0 Å². The Hall–Kier alpha value is -4.26. The SMILES string of the molecule is O=C(CCn1c(=O)c2ccccc2n(Cc2ccccc2F)c1=O)N1CC=C(c2ccccc2)CC1. The highest BCUT2D eigenvalue weighted by atomic mass is 19.1. The van der Waals surface area contributed by atoms with E-state index in [-0.39, 0.29) is 25.4 Å². The fourth-order valence-electron chi connectivity index (χ4n) is 4.69. The van der Waals surface area contributed by atoms with Crippen LogP contribution in [-0.2, 0) is 17.9 Å². The Morgan fingerprint density at radius 1 is 0.861 bits per heavy atom. The van der Waals surface area contributed by atoms with Crippen LogP contribution in [0.4, 0.5) is 4.39 Å². The third kappa shape index (κ3) is 4.64. The van der Waals surface area contributed by atoms with Gasteiger partial charge >= 0.3 is 5.69 Å². The third-order valence-electron chi connectivity index (χ3n) is 6.67. The predicted molar refractivity (Wildman–Crippen MR) is 138 cm³/mol. The third-order valence-corrected chi connectivity index (χ3v) is 6.67. The molecule has 5 rings (SSSR count). The lowest BCUT2D eigenvalue weighted by molar-refractivity contribution is -0.131. The van der Waals surface area contributed by atoms with Crippen LogP contribution in [0.25, 0.3) is 16.5 Å². The minimum Gasteiger partial charge on any atom is -0.339 e. The fourth-order valence-corrected chi connectivity index (χ4v) is 4.69. The Kier molecular flexibility index (Phi) is 6.62. The summed E-state index contributed by atoms with van der Waals surface area (Å²) in [5, 5.41) is 0.356. The molecule has 2 heterocycles. The summed E-state index contributed by atoms with van der Waals surface area (Å²) in [5.41, 5.74) is 2.15. The van der Waals surface area contributed by atoms with E-state index in [1.54, 1.807) is 47.4 Å². The zero-order valence-electron chi connectivity index (χ0n) is 19.8. The predicted octanol–water partition coefficient (Wildman–Crippen LogP) is 4.06. The highest BCUT2D eigenvalue weighted by Gasteiger charge is 2.20. The highest BCUT2D eigenvalue weighted by molar-refractivity contribution is 5.79. The van der Waals surface area contributed by atoms with Crippen molar-refractivity contribution < 1.29 is 9.18 Å². The maximum Gasteiger partial charge on any atom is 0.331 e. The van der Waals surface area contributed by atoms with Crippen LogP contribution >= 0.6 is 0 Å². The van der Waals surface area contributed by atoms with E-state index >= 15 is 0 Å². The molecule has 182 valence electrons. The van der Waals surface area contributed by atoms with Crippen LogP contribution in [0.5, 0.6) is 0 Å². The molecule has 0 unspecified atom stereocenters. The average Bonchev–Trinajstić information content (AvgIpc) is 2.92. The minimum atomic E-state index is -0.556. The standard InChI is InChI=1S/C29H26FN3O3/c30-25-12-6-4-10-23(25)20-33-26-13-7-5-11-24(26)28(35)32(29(33)36)19-16-27(34)31-17-14-22(15-18-31)21-8-2-1-3-9-21/h1-14H,15-20H2. The van der Waals surface area contributed by atoms with E-state index in [9.17, 15) is 18.8 Å². The van der Waals surface area contributed by atoms with Crippen LogP contribution in [0.3, 0.4) is 0 Å². The van der Waals surface area contributed by atoms with Gasteiger partial charge in [0.2, 0.25) is 5.91 Å². The number of carbonyl (C=O) groups is 1. The van der Waals surface area contributed by atoms with Crippen LogP contribution in [0.15, 0.2) is 94.5 Å². The van der Waals surface area contributed by atoms with Crippen LogP contribution < -0.4 is 11.2 Å². The van der Waals surface area contributed by atoms with E-state index in [2.05, 4.69) is 18.2 Å². The number of aromatic nitrogens is 2. The molecular weight excluding hydrogens is 457 g/mol. The Bertz CT molecular complexity index is 1570. The van der Waals surface area contributed by atoms with Crippen LogP contribution in [0.2, 0.25) is 0 Å². The molecule has 0 N–H and O–H groups in total. The van der Waals surface area contributed by atoms with Gasteiger partial charge in [0, 0.05) is 31.6 Å². The van der Waals surface area contributed by atoms with Crippen molar-refractivity contribution in [3.05, 3.63) is 123 Å². The molecule has 0 spiro atoms. The minimum absolute atomic E-state index is 0.0145. The summed E-state index contributed by atoms with van der Waals surface area (Å²) in [6.45, 7) is 1.03. The zero-order valence-corrected chi connectivity index (χ0v) is 19.8. The first-order chi connectivity index (χ1) is 17.5. The molecule has 1 aliphatic heterocycles. The Morgan fingerprint density at radius 2 is 1.58 bits per heavy atom. The number of hydrogen-bond donors (Lipinski definition) is 0. The van der Waals surface area contributed by atoms with Crippen molar-refractivity contribution >= 4 is 22.4 Å². The first-order valence-corrected chi connectivity index (χ1v) is 12.0. The molecule has 4 aromatic rings. The summed E-state index contributed by atoms with van der Waals surface area (Å²) in [5.74, 6) is -0.534. The molecule has 0 saturated heterocycles. The Labute approximate surface area is 207 Å². The number of amides is 1.